The van der Waals surface area contributed by atoms with Gasteiger partial charge in [0.25, 0.3) is 5.91 Å². The van der Waals surface area contributed by atoms with E-state index in [1.54, 1.807) is 19.1 Å². The fourth-order valence-electron chi connectivity index (χ4n) is 2.80. The molecular formula is C21H22N4O4. The number of hydrogen-bond donors (Lipinski definition) is 1. The molecule has 0 saturated carbocycles. The van der Waals surface area contributed by atoms with Crippen LogP contribution in [0.2, 0.25) is 0 Å². The molecule has 8 heteroatoms. The van der Waals surface area contributed by atoms with Gasteiger partial charge >= 0.3 is 5.69 Å². The number of para-hydroxylation sites is 2. The van der Waals surface area contributed by atoms with E-state index in [4.69, 9.17) is 4.74 Å². The second kappa shape index (κ2) is 8.55. The molecule has 0 radical (unpaired) electrons. The molecule has 0 atom stereocenters. The standard InChI is InChI=1S/C21H22N4O4/c1-4-13-22-20(26)19-15(3)21(24(23-19)16-11-9-14(2)10-12-16)29-18-8-6-5-7-17(18)25(27)28/h5-12H,4,13H2,1-3H3,(H,22,26). The van der Waals surface area contributed by atoms with E-state index in [0.29, 0.717) is 17.8 Å². The number of nitro benzene ring substituents is 1. The fraction of sp³-hybridized carbons (Fsp3) is 0.238. The molecule has 0 aliphatic rings. The minimum atomic E-state index is -0.508. The van der Waals surface area contributed by atoms with Crippen LogP contribution in [0.5, 0.6) is 11.6 Å². The van der Waals surface area contributed by atoms with Gasteiger partial charge in [0.2, 0.25) is 11.6 Å². The van der Waals surface area contributed by atoms with E-state index in [2.05, 4.69) is 10.4 Å². The molecule has 0 aliphatic carbocycles. The zero-order valence-electron chi connectivity index (χ0n) is 16.5. The highest BCUT2D eigenvalue weighted by molar-refractivity contribution is 5.94. The van der Waals surface area contributed by atoms with Crippen molar-refractivity contribution in [1.82, 2.24) is 15.1 Å². The zero-order chi connectivity index (χ0) is 21.0. The van der Waals surface area contributed by atoms with E-state index < -0.39 is 4.92 Å². The van der Waals surface area contributed by atoms with Crippen LogP contribution in [0, 0.1) is 24.0 Å². The van der Waals surface area contributed by atoms with Crippen molar-refractivity contribution >= 4 is 11.6 Å². The van der Waals surface area contributed by atoms with Crippen LogP contribution in [0.1, 0.15) is 35.0 Å². The van der Waals surface area contributed by atoms with Crippen LogP contribution in [-0.4, -0.2) is 27.2 Å². The van der Waals surface area contributed by atoms with Crippen LogP contribution in [0.15, 0.2) is 48.5 Å². The molecule has 8 nitrogen and oxygen atoms in total. The van der Waals surface area contributed by atoms with Gasteiger partial charge in [0.15, 0.2) is 5.69 Å². The zero-order valence-corrected chi connectivity index (χ0v) is 16.5. The summed E-state index contributed by atoms with van der Waals surface area (Å²) in [7, 11) is 0. The first-order valence-corrected chi connectivity index (χ1v) is 9.28. The predicted octanol–water partition coefficient (Wildman–Crippen LogP) is 4.33. The Morgan fingerprint density at radius 1 is 1.17 bits per heavy atom. The van der Waals surface area contributed by atoms with Gasteiger partial charge in [-0.3, -0.25) is 14.9 Å². The molecule has 150 valence electrons. The van der Waals surface area contributed by atoms with Crippen LogP contribution in [-0.2, 0) is 0 Å². The van der Waals surface area contributed by atoms with Gasteiger partial charge in [-0.15, -0.1) is 0 Å². The molecule has 29 heavy (non-hydrogen) atoms. The number of aromatic nitrogens is 2. The largest absolute Gasteiger partial charge is 0.431 e. The van der Waals surface area contributed by atoms with Crippen molar-refractivity contribution in [3.8, 4) is 17.3 Å². The first kappa shape index (κ1) is 20.1. The molecule has 3 rings (SSSR count). The summed E-state index contributed by atoms with van der Waals surface area (Å²) in [4.78, 5) is 23.4. The average molecular weight is 394 g/mol. The minimum Gasteiger partial charge on any atom is -0.431 e. The first-order valence-electron chi connectivity index (χ1n) is 9.28. The van der Waals surface area contributed by atoms with Crippen LogP contribution in [0.4, 0.5) is 5.69 Å². The summed E-state index contributed by atoms with van der Waals surface area (Å²) in [5.74, 6) is 0.0156. The molecule has 1 N–H and O–H groups in total. The quantitative estimate of drug-likeness (QED) is 0.475. The Kier molecular flexibility index (Phi) is 5.92. The maximum absolute atomic E-state index is 12.6. The van der Waals surface area contributed by atoms with Gasteiger partial charge < -0.3 is 10.1 Å². The number of carbonyl (C=O) groups excluding carboxylic acids is 1. The van der Waals surface area contributed by atoms with E-state index in [9.17, 15) is 14.9 Å². The van der Waals surface area contributed by atoms with Crippen LogP contribution >= 0.6 is 0 Å². The highest BCUT2D eigenvalue weighted by Crippen LogP contribution is 2.35. The van der Waals surface area contributed by atoms with Gasteiger partial charge in [-0.25, -0.2) is 0 Å². The van der Waals surface area contributed by atoms with Gasteiger partial charge in [0.1, 0.15) is 0 Å². The highest BCUT2D eigenvalue weighted by atomic mass is 16.6. The fourth-order valence-corrected chi connectivity index (χ4v) is 2.80. The van der Waals surface area contributed by atoms with Gasteiger partial charge in [0, 0.05) is 18.2 Å². The van der Waals surface area contributed by atoms with Crippen molar-refractivity contribution in [1.29, 1.82) is 0 Å². The maximum Gasteiger partial charge on any atom is 0.311 e. The topological polar surface area (TPSA) is 99.3 Å². The summed E-state index contributed by atoms with van der Waals surface area (Å²) in [6.07, 6.45) is 0.795. The summed E-state index contributed by atoms with van der Waals surface area (Å²) in [5, 5.41) is 18.6. The third kappa shape index (κ3) is 4.26. The van der Waals surface area contributed by atoms with Gasteiger partial charge in [-0.05, 0) is 38.5 Å². The third-order valence-electron chi connectivity index (χ3n) is 4.37. The lowest BCUT2D eigenvalue weighted by Gasteiger charge is -2.10. The number of nitro groups is 1. The molecule has 1 heterocycles. The van der Waals surface area contributed by atoms with E-state index in [1.165, 1.54) is 16.8 Å². The summed E-state index contributed by atoms with van der Waals surface area (Å²) in [6, 6.07) is 13.6. The minimum absolute atomic E-state index is 0.0781. The lowest BCUT2D eigenvalue weighted by molar-refractivity contribution is -0.385. The second-order valence-corrected chi connectivity index (χ2v) is 6.61. The van der Waals surface area contributed by atoms with Crippen LogP contribution < -0.4 is 10.1 Å². The Morgan fingerprint density at radius 3 is 2.52 bits per heavy atom. The van der Waals surface area contributed by atoms with Gasteiger partial charge in [0.05, 0.1) is 10.6 Å². The van der Waals surface area contributed by atoms with Crippen LogP contribution in [0.25, 0.3) is 5.69 Å². The Hall–Kier alpha value is -3.68. The molecule has 0 aliphatic heterocycles. The first-order chi connectivity index (χ1) is 13.9. The summed E-state index contributed by atoms with van der Waals surface area (Å²) in [5.41, 5.74) is 2.30. The summed E-state index contributed by atoms with van der Waals surface area (Å²) < 4.78 is 7.42. The summed E-state index contributed by atoms with van der Waals surface area (Å²) in [6.45, 7) is 6.16. The number of carbonyl (C=O) groups is 1. The smallest absolute Gasteiger partial charge is 0.311 e. The molecule has 3 aromatic rings. The van der Waals surface area contributed by atoms with E-state index in [1.807, 2.05) is 38.1 Å². The van der Waals surface area contributed by atoms with Crippen molar-refractivity contribution in [2.45, 2.75) is 27.2 Å². The van der Waals surface area contributed by atoms with E-state index >= 15 is 0 Å². The highest BCUT2D eigenvalue weighted by Gasteiger charge is 2.25. The third-order valence-corrected chi connectivity index (χ3v) is 4.37. The number of nitrogens with one attached hydrogen (secondary N) is 1. The molecule has 0 spiro atoms. The number of aryl methyl sites for hydroxylation is 1. The van der Waals surface area contributed by atoms with Gasteiger partial charge in [-0.1, -0.05) is 36.8 Å². The molecular weight excluding hydrogens is 372 g/mol. The van der Waals surface area contributed by atoms with Crippen LogP contribution in [0.3, 0.4) is 0 Å². The van der Waals surface area contributed by atoms with Crippen molar-refractivity contribution in [2.75, 3.05) is 6.54 Å². The maximum atomic E-state index is 12.6. The number of benzene rings is 2. The summed E-state index contributed by atoms with van der Waals surface area (Å²) >= 11 is 0. The SMILES string of the molecule is CCCNC(=O)c1nn(-c2ccc(C)cc2)c(Oc2ccccc2[N+](=O)[O-])c1C. The lowest BCUT2D eigenvalue weighted by Crippen LogP contribution is -2.25. The second-order valence-electron chi connectivity index (χ2n) is 6.61. The number of amides is 1. The number of rotatable bonds is 7. The Balaban J connectivity index is 2.11. The molecule has 1 aromatic heterocycles. The van der Waals surface area contributed by atoms with Crippen molar-refractivity contribution in [3.63, 3.8) is 0 Å². The van der Waals surface area contributed by atoms with E-state index in [0.717, 1.165) is 12.0 Å². The Labute approximate surface area is 168 Å². The molecule has 0 bridgehead atoms. The average Bonchev–Trinajstić information content (AvgIpc) is 3.03. The lowest BCUT2D eigenvalue weighted by atomic mass is 10.2. The van der Waals surface area contributed by atoms with Crippen molar-refractivity contribution in [3.05, 3.63) is 75.5 Å². The van der Waals surface area contributed by atoms with Gasteiger partial charge in [-0.2, -0.15) is 9.78 Å². The van der Waals surface area contributed by atoms with E-state index in [-0.39, 0.29) is 28.9 Å². The predicted molar refractivity (Wildman–Crippen MR) is 109 cm³/mol. The molecule has 0 fully saturated rings. The molecule has 1 amide bonds. The monoisotopic (exact) mass is 394 g/mol. The Morgan fingerprint density at radius 2 is 1.86 bits per heavy atom. The number of hydrogen-bond acceptors (Lipinski definition) is 5. The molecule has 0 saturated heterocycles. The number of ether oxygens (including phenoxy) is 1. The normalized spacial score (nSPS) is 10.6. The molecule has 2 aromatic carbocycles. The Bertz CT molecular complexity index is 1040. The van der Waals surface area contributed by atoms with Crippen molar-refractivity contribution < 1.29 is 14.5 Å². The molecule has 0 unspecified atom stereocenters. The van der Waals surface area contributed by atoms with Crippen molar-refractivity contribution in [2.24, 2.45) is 0 Å². The number of nitrogens with zero attached hydrogens (tertiary/aromatic N) is 3.